The van der Waals surface area contributed by atoms with Crippen LogP contribution in [-0.4, -0.2) is 30.6 Å². The third-order valence-electron chi connectivity index (χ3n) is 4.69. The van der Waals surface area contributed by atoms with E-state index in [2.05, 4.69) is 4.90 Å². The van der Waals surface area contributed by atoms with Crippen molar-refractivity contribution in [1.82, 2.24) is 4.90 Å². The first-order chi connectivity index (χ1) is 10.9. The summed E-state index contributed by atoms with van der Waals surface area (Å²) in [5.74, 6) is 3.37. The number of para-hydroxylation sites is 1. The van der Waals surface area contributed by atoms with Crippen LogP contribution in [0.5, 0.6) is 17.2 Å². The second kappa shape index (κ2) is 7.24. The molecule has 0 aliphatic carbocycles. The van der Waals surface area contributed by atoms with Crippen molar-refractivity contribution in [3.8, 4) is 17.2 Å². The lowest BCUT2D eigenvalue weighted by Gasteiger charge is -2.44. The van der Waals surface area contributed by atoms with E-state index in [4.69, 9.17) is 9.47 Å². The van der Waals surface area contributed by atoms with Crippen LogP contribution in [-0.2, 0) is 0 Å². The van der Waals surface area contributed by atoms with E-state index < -0.39 is 0 Å². The topological polar surface area (TPSA) is 21.7 Å². The average molecular weight is 332 g/mol. The highest BCUT2D eigenvalue weighted by atomic mass is 35.5. The standard InChI is InChI=1S/C19H21NO2.ClH/c1-2-4-16(5-3-1)21-17-6-8-18(9-7-17)22-19-14-20-12-10-15(19)11-13-20;/h1-9,15,19H,10-14H2;1H/t19-;/m1./s1. The van der Waals surface area contributed by atoms with Gasteiger partial charge in [-0.05, 0) is 68.2 Å². The molecule has 3 fully saturated rings. The molecule has 4 heteroatoms. The fourth-order valence-electron chi connectivity index (χ4n) is 3.43. The van der Waals surface area contributed by atoms with Gasteiger partial charge in [0.25, 0.3) is 0 Å². The van der Waals surface area contributed by atoms with E-state index in [1.807, 2.05) is 54.6 Å². The number of hydrogen-bond donors (Lipinski definition) is 0. The van der Waals surface area contributed by atoms with E-state index >= 15 is 0 Å². The molecule has 0 aromatic heterocycles. The molecule has 0 spiro atoms. The third kappa shape index (κ3) is 3.80. The van der Waals surface area contributed by atoms with Crippen molar-refractivity contribution in [2.24, 2.45) is 5.92 Å². The molecular formula is C19H22ClNO2. The Balaban J connectivity index is 0.00000156. The fourth-order valence-corrected chi connectivity index (χ4v) is 3.43. The Kier molecular flexibility index (Phi) is 5.09. The summed E-state index contributed by atoms with van der Waals surface area (Å²) in [5, 5.41) is 0. The summed E-state index contributed by atoms with van der Waals surface area (Å²) in [4.78, 5) is 2.51. The zero-order valence-electron chi connectivity index (χ0n) is 13.1. The van der Waals surface area contributed by atoms with E-state index in [1.165, 1.54) is 25.9 Å². The van der Waals surface area contributed by atoms with E-state index in [1.54, 1.807) is 0 Å². The maximum Gasteiger partial charge on any atom is 0.127 e. The molecule has 2 bridgehead atoms. The molecule has 0 radical (unpaired) electrons. The first-order valence-corrected chi connectivity index (χ1v) is 8.09. The molecule has 3 nitrogen and oxygen atoms in total. The Morgan fingerprint density at radius 1 is 0.783 bits per heavy atom. The van der Waals surface area contributed by atoms with Crippen LogP contribution < -0.4 is 9.47 Å². The monoisotopic (exact) mass is 331 g/mol. The lowest BCUT2D eigenvalue weighted by Crippen LogP contribution is -2.52. The molecule has 23 heavy (non-hydrogen) atoms. The Labute approximate surface area is 143 Å². The smallest absolute Gasteiger partial charge is 0.127 e. The average Bonchev–Trinajstić information content (AvgIpc) is 2.59. The zero-order valence-corrected chi connectivity index (χ0v) is 13.9. The van der Waals surface area contributed by atoms with Crippen molar-refractivity contribution >= 4 is 12.4 Å². The van der Waals surface area contributed by atoms with Crippen LogP contribution >= 0.6 is 12.4 Å². The largest absolute Gasteiger partial charge is 0.489 e. The second-order valence-corrected chi connectivity index (χ2v) is 6.18. The maximum absolute atomic E-state index is 6.20. The molecule has 2 aromatic rings. The van der Waals surface area contributed by atoms with Crippen molar-refractivity contribution in [3.63, 3.8) is 0 Å². The first kappa shape index (κ1) is 16.2. The zero-order chi connectivity index (χ0) is 14.8. The van der Waals surface area contributed by atoms with Crippen LogP contribution in [0.3, 0.4) is 0 Å². The van der Waals surface area contributed by atoms with Gasteiger partial charge in [-0.15, -0.1) is 12.4 Å². The quantitative estimate of drug-likeness (QED) is 0.830. The van der Waals surface area contributed by atoms with E-state index in [-0.39, 0.29) is 12.4 Å². The molecule has 3 aliphatic heterocycles. The normalized spacial score (nSPS) is 25.5. The molecule has 0 unspecified atom stereocenters. The fraction of sp³-hybridized carbons (Fsp3) is 0.368. The Hall–Kier alpha value is -1.71. The molecular weight excluding hydrogens is 310 g/mol. The number of ether oxygens (including phenoxy) is 2. The van der Waals surface area contributed by atoms with Crippen LogP contribution in [0, 0.1) is 5.92 Å². The Morgan fingerprint density at radius 2 is 1.39 bits per heavy atom. The predicted octanol–water partition coefficient (Wildman–Crippen LogP) is 4.37. The number of nitrogens with zero attached hydrogens (tertiary/aromatic N) is 1. The molecule has 122 valence electrons. The molecule has 0 N–H and O–H groups in total. The molecule has 0 amide bonds. The molecule has 3 saturated heterocycles. The van der Waals surface area contributed by atoms with Gasteiger partial charge in [-0.25, -0.2) is 0 Å². The highest BCUT2D eigenvalue weighted by molar-refractivity contribution is 5.85. The maximum atomic E-state index is 6.20. The molecule has 3 heterocycles. The number of hydrogen-bond acceptors (Lipinski definition) is 3. The number of benzene rings is 2. The third-order valence-corrected chi connectivity index (χ3v) is 4.69. The van der Waals surface area contributed by atoms with Crippen molar-refractivity contribution in [2.45, 2.75) is 18.9 Å². The van der Waals surface area contributed by atoms with E-state index in [0.717, 1.165) is 29.7 Å². The van der Waals surface area contributed by atoms with Gasteiger partial charge in [0.1, 0.15) is 23.4 Å². The lowest BCUT2D eigenvalue weighted by molar-refractivity contribution is -0.00777. The molecule has 5 rings (SSSR count). The summed E-state index contributed by atoms with van der Waals surface area (Å²) >= 11 is 0. The Bertz CT molecular complexity index is 609. The number of fused-ring (bicyclic) bond motifs is 3. The van der Waals surface area contributed by atoms with Gasteiger partial charge < -0.3 is 9.47 Å². The molecule has 1 atom stereocenters. The summed E-state index contributed by atoms with van der Waals surface area (Å²) in [6.45, 7) is 3.57. The minimum absolute atomic E-state index is 0. The summed E-state index contributed by atoms with van der Waals surface area (Å²) < 4.78 is 12.0. The minimum atomic E-state index is 0. The van der Waals surface area contributed by atoms with Crippen LogP contribution in [0.1, 0.15) is 12.8 Å². The van der Waals surface area contributed by atoms with Crippen LogP contribution in [0.4, 0.5) is 0 Å². The number of piperidine rings is 3. The van der Waals surface area contributed by atoms with Crippen molar-refractivity contribution in [3.05, 3.63) is 54.6 Å². The lowest BCUT2D eigenvalue weighted by atomic mass is 9.86. The van der Waals surface area contributed by atoms with E-state index in [9.17, 15) is 0 Å². The Morgan fingerprint density at radius 3 is 2.00 bits per heavy atom. The van der Waals surface area contributed by atoms with Crippen LogP contribution in [0.15, 0.2) is 54.6 Å². The summed E-state index contributed by atoms with van der Waals surface area (Å²) in [6, 6.07) is 17.8. The molecule has 2 aromatic carbocycles. The van der Waals surface area contributed by atoms with Gasteiger partial charge in [-0.2, -0.15) is 0 Å². The van der Waals surface area contributed by atoms with Gasteiger partial charge in [0, 0.05) is 6.54 Å². The molecule has 0 saturated carbocycles. The van der Waals surface area contributed by atoms with Gasteiger partial charge in [-0.3, -0.25) is 4.90 Å². The molecule has 3 aliphatic rings. The van der Waals surface area contributed by atoms with Gasteiger partial charge in [0.05, 0.1) is 0 Å². The van der Waals surface area contributed by atoms with Crippen molar-refractivity contribution in [1.29, 1.82) is 0 Å². The van der Waals surface area contributed by atoms with Gasteiger partial charge in [0.2, 0.25) is 0 Å². The summed E-state index contributed by atoms with van der Waals surface area (Å²) in [5.41, 5.74) is 0. The minimum Gasteiger partial charge on any atom is -0.489 e. The van der Waals surface area contributed by atoms with Gasteiger partial charge >= 0.3 is 0 Å². The summed E-state index contributed by atoms with van der Waals surface area (Å²) in [7, 11) is 0. The first-order valence-electron chi connectivity index (χ1n) is 8.09. The highest BCUT2D eigenvalue weighted by Crippen LogP contribution is 2.31. The van der Waals surface area contributed by atoms with Gasteiger partial charge in [0.15, 0.2) is 0 Å². The summed E-state index contributed by atoms with van der Waals surface area (Å²) in [6.07, 6.45) is 2.91. The highest BCUT2D eigenvalue weighted by Gasteiger charge is 2.35. The SMILES string of the molecule is Cl.c1ccc(Oc2ccc(O[C@@H]3CN4CCC3CC4)cc2)cc1. The number of rotatable bonds is 4. The second-order valence-electron chi connectivity index (χ2n) is 6.18. The van der Waals surface area contributed by atoms with Crippen molar-refractivity contribution < 1.29 is 9.47 Å². The van der Waals surface area contributed by atoms with Gasteiger partial charge in [-0.1, -0.05) is 18.2 Å². The van der Waals surface area contributed by atoms with Crippen LogP contribution in [0.2, 0.25) is 0 Å². The predicted molar refractivity (Wildman–Crippen MR) is 93.8 cm³/mol. The van der Waals surface area contributed by atoms with E-state index in [0.29, 0.717) is 6.10 Å². The van der Waals surface area contributed by atoms with Crippen molar-refractivity contribution in [2.75, 3.05) is 19.6 Å². The number of halogens is 1. The van der Waals surface area contributed by atoms with Crippen LogP contribution in [0.25, 0.3) is 0 Å².